The molecule has 0 saturated carbocycles. The maximum Gasteiger partial charge on any atom is 0.226 e. The molecule has 2 aromatic heterocycles. The SMILES string of the molecule is OC[C@H]1O[C@@H](n2cnc3c(NN4CCCC(Sc5ccccc5)C4)nc(Cl)nc32)C(O)C1O. The molecule has 5 atom stereocenters. The molecular formula is C21H25ClN6O4S. The predicted molar refractivity (Wildman–Crippen MR) is 124 cm³/mol. The van der Waals surface area contributed by atoms with Crippen molar-refractivity contribution in [2.24, 2.45) is 0 Å². The number of thioether (sulfide) groups is 1. The number of aliphatic hydroxyl groups is 3. The van der Waals surface area contributed by atoms with E-state index in [9.17, 15) is 15.3 Å². The number of nitrogens with zero attached hydrogens (tertiary/aromatic N) is 5. The zero-order valence-corrected chi connectivity index (χ0v) is 19.2. The lowest BCUT2D eigenvalue weighted by molar-refractivity contribution is -0.0511. The Labute approximate surface area is 199 Å². The molecule has 4 heterocycles. The number of aromatic nitrogens is 4. The van der Waals surface area contributed by atoms with Crippen molar-refractivity contribution in [2.45, 2.75) is 47.5 Å². The van der Waals surface area contributed by atoms with Gasteiger partial charge in [-0.05, 0) is 36.6 Å². The van der Waals surface area contributed by atoms with E-state index < -0.39 is 31.1 Å². The van der Waals surface area contributed by atoms with E-state index in [4.69, 9.17) is 16.3 Å². The van der Waals surface area contributed by atoms with Crippen LogP contribution in [0.2, 0.25) is 5.28 Å². The Kier molecular flexibility index (Phi) is 6.70. The van der Waals surface area contributed by atoms with Gasteiger partial charge < -0.3 is 25.5 Å². The third-order valence-corrected chi connectivity index (χ3v) is 7.31. The van der Waals surface area contributed by atoms with Gasteiger partial charge in [-0.15, -0.1) is 11.8 Å². The number of piperidine rings is 1. The lowest BCUT2D eigenvalue weighted by Gasteiger charge is -2.32. The zero-order valence-electron chi connectivity index (χ0n) is 17.7. The van der Waals surface area contributed by atoms with E-state index in [1.807, 2.05) is 30.0 Å². The molecule has 0 bridgehead atoms. The molecule has 0 aliphatic carbocycles. The molecular weight excluding hydrogens is 468 g/mol. The van der Waals surface area contributed by atoms with Gasteiger partial charge in [0.15, 0.2) is 23.2 Å². The maximum absolute atomic E-state index is 10.4. The molecule has 3 unspecified atom stereocenters. The summed E-state index contributed by atoms with van der Waals surface area (Å²) in [6.07, 6.45) is -0.700. The smallest absolute Gasteiger partial charge is 0.226 e. The highest BCUT2D eigenvalue weighted by Gasteiger charge is 2.44. The van der Waals surface area contributed by atoms with E-state index in [-0.39, 0.29) is 5.28 Å². The zero-order chi connectivity index (χ0) is 22.9. The minimum atomic E-state index is -1.25. The minimum Gasteiger partial charge on any atom is -0.394 e. The monoisotopic (exact) mass is 492 g/mol. The predicted octanol–water partition coefficient (Wildman–Crippen LogP) is 1.67. The van der Waals surface area contributed by atoms with Gasteiger partial charge in [-0.3, -0.25) is 4.57 Å². The van der Waals surface area contributed by atoms with Crippen molar-refractivity contribution in [2.75, 3.05) is 25.1 Å². The van der Waals surface area contributed by atoms with E-state index in [0.717, 1.165) is 25.9 Å². The summed E-state index contributed by atoms with van der Waals surface area (Å²) in [6.45, 7) is 1.25. The molecule has 2 aliphatic heterocycles. The van der Waals surface area contributed by atoms with Crippen LogP contribution in [0.25, 0.3) is 11.2 Å². The summed E-state index contributed by atoms with van der Waals surface area (Å²) in [4.78, 5) is 14.3. The first-order valence-electron chi connectivity index (χ1n) is 10.8. The molecule has 12 heteroatoms. The largest absolute Gasteiger partial charge is 0.394 e. The summed E-state index contributed by atoms with van der Waals surface area (Å²) >= 11 is 8.08. The maximum atomic E-state index is 10.4. The number of hydrogen-bond donors (Lipinski definition) is 4. The van der Waals surface area contributed by atoms with E-state index in [1.165, 1.54) is 15.8 Å². The second-order valence-electron chi connectivity index (χ2n) is 8.15. The number of ether oxygens (including phenoxy) is 1. The Balaban J connectivity index is 1.36. The molecule has 5 rings (SSSR count). The summed E-state index contributed by atoms with van der Waals surface area (Å²) in [6, 6.07) is 10.3. The van der Waals surface area contributed by atoms with Crippen LogP contribution in [-0.4, -0.2) is 83.1 Å². The average Bonchev–Trinajstić information content (AvgIpc) is 3.35. The number of fused-ring (bicyclic) bond motifs is 1. The van der Waals surface area contributed by atoms with Crippen LogP contribution in [0.15, 0.2) is 41.6 Å². The highest BCUT2D eigenvalue weighted by atomic mass is 35.5. The van der Waals surface area contributed by atoms with Crippen molar-refractivity contribution in [3.8, 4) is 0 Å². The molecule has 2 saturated heterocycles. The van der Waals surface area contributed by atoms with Crippen molar-refractivity contribution in [1.82, 2.24) is 24.5 Å². The van der Waals surface area contributed by atoms with Crippen LogP contribution in [0.4, 0.5) is 5.82 Å². The van der Waals surface area contributed by atoms with Crippen molar-refractivity contribution in [3.05, 3.63) is 41.9 Å². The number of hydrazine groups is 1. The summed E-state index contributed by atoms with van der Waals surface area (Å²) in [5.41, 5.74) is 4.17. The summed E-state index contributed by atoms with van der Waals surface area (Å²) in [7, 11) is 0. The molecule has 33 heavy (non-hydrogen) atoms. The van der Waals surface area contributed by atoms with E-state index in [0.29, 0.717) is 22.2 Å². The van der Waals surface area contributed by atoms with Gasteiger partial charge in [-0.2, -0.15) is 9.97 Å². The summed E-state index contributed by atoms with van der Waals surface area (Å²) in [5, 5.41) is 32.4. The molecule has 176 valence electrons. The third-order valence-electron chi connectivity index (χ3n) is 5.87. The Morgan fingerprint density at radius 2 is 2.00 bits per heavy atom. The van der Waals surface area contributed by atoms with Crippen molar-refractivity contribution in [1.29, 1.82) is 0 Å². The molecule has 0 radical (unpaired) electrons. The normalized spacial score (nSPS) is 28.4. The van der Waals surface area contributed by atoms with Crippen LogP contribution in [0.3, 0.4) is 0 Å². The number of halogens is 1. The molecule has 4 N–H and O–H groups in total. The third kappa shape index (κ3) is 4.67. The summed E-state index contributed by atoms with van der Waals surface area (Å²) < 4.78 is 7.13. The van der Waals surface area contributed by atoms with Crippen LogP contribution >= 0.6 is 23.4 Å². The van der Waals surface area contributed by atoms with Crippen LogP contribution in [0.1, 0.15) is 19.1 Å². The van der Waals surface area contributed by atoms with Crippen LogP contribution < -0.4 is 5.43 Å². The second-order valence-corrected chi connectivity index (χ2v) is 9.86. The van der Waals surface area contributed by atoms with E-state index in [2.05, 4.69) is 37.5 Å². The number of aliphatic hydroxyl groups excluding tert-OH is 3. The van der Waals surface area contributed by atoms with Gasteiger partial charge in [0.05, 0.1) is 12.9 Å². The number of imidazole rings is 1. The fraction of sp³-hybridized carbons (Fsp3) is 0.476. The Bertz CT molecular complexity index is 1110. The Morgan fingerprint density at radius 3 is 2.76 bits per heavy atom. The topological polar surface area (TPSA) is 129 Å². The van der Waals surface area contributed by atoms with Gasteiger partial charge >= 0.3 is 0 Å². The first-order valence-corrected chi connectivity index (χ1v) is 12.0. The Hall–Kier alpha value is -1.99. The fourth-order valence-corrected chi connectivity index (χ4v) is 5.64. The molecule has 0 spiro atoms. The van der Waals surface area contributed by atoms with Gasteiger partial charge in [0.25, 0.3) is 0 Å². The van der Waals surface area contributed by atoms with Crippen LogP contribution in [-0.2, 0) is 4.74 Å². The lowest BCUT2D eigenvalue weighted by atomic mass is 10.1. The number of benzene rings is 1. The van der Waals surface area contributed by atoms with Crippen molar-refractivity contribution >= 4 is 40.3 Å². The quantitative estimate of drug-likeness (QED) is 0.377. The summed E-state index contributed by atoms with van der Waals surface area (Å²) in [5.74, 6) is 0.459. The minimum absolute atomic E-state index is 0.0192. The van der Waals surface area contributed by atoms with Gasteiger partial charge in [-0.1, -0.05) is 18.2 Å². The lowest BCUT2D eigenvalue weighted by Crippen LogP contribution is -2.41. The highest BCUT2D eigenvalue weighted by molar-refractivity contribution is 8.00. The average molecular weight is 493 g/mol. The molecule has 10 nitrogen and oxygen atoms in total. The Morgan fingerprint density at radius 1 is 1.18 bits per heavy atom. The first-order chi connectivity index (χ1) is 16.0. The van der Waals surface area contributed by atoms with Gasteiger partial charge in [0.1, 0.15) is 18.3 Å². The van der Waals surface area contributed by atoms with E-state index in [1.54, 1.807) is 0 Å². The highest BCUT2D eigenvalue weighted by Crippen LogP contribution is 2.34. The van der Waals surface area contributed by atoms with Crippen LogP contribution in [0.5, 0.6) is 0 Å². The van der Waals surface area contributed by atoms with Gasteiger partial charge in [0.2, 0.25) is 5.28 Å². The molecule has 3 aromatic rings. The fourth-order valence-electron chi connectivity index (χ4n) is 4.24. The van der Waals surface area contributed by atoms with Crippen LogP contribution in [0, 0.1) is 0 Å². The first kappa shape index (κ1) is 22.8. The second kappa shape index (κ2) is 9.71. The number of hydrogen-bond acceptors (Lipinski definition) is 10. The van der Waals surface area contributed by atoms with Crippen molar-refractivity contribution < 1.29 is 20.1 Å². The van der Waals surface area contributed by atoms with Gasteiger partial charge in [-0.25, -0.2) is 9.99 Å². The number of anilines is 1. The molecule has 1 aromatic carbocycles. The molecule has 2 aliphatic rings. The molecule has 0 amide bonds. The standard InChI is InChI=1S/C21H25ClN6O4S/c22-21-24-18(26-27-8-4-7-13(9-27)33-12-5-2-1-3-6-12)15-19(25-21)28(11-23-15)20-17(31)16(30)14(10-29)32-20/h1-3,5-6,11,13-14,16-17,20,29-31H,4,7-10H2,(H,24,25,26)/t13?,14-,16?,17?,20-/m1/s1. The van der Waals surface area contributed by atoms with Crippen molar-refractivity contribution in [3.63, 3.8) is 0 Å². The van der Waals surface area contributed by atoms with E-state index >= 15 is 0 Å². The number of nitrogens with one attached hydrogen (secondary N) is 1. The molecule has 2 fully saturated rings. The number of rotatable bonds is 6. The van der Waals surface area contributed by atoms with Gasteiger partial charge in [0, 0.05) is 23.2 Å².